The first-order valence-electron chi connectivity index (χ1n) is 5.14. The summed E-state index contributed by atoms with van der Waals surface area (Å²) in [5.74, 6) is -0.950. The second kappa shape index (κ2) is 6.57. The van der Waals surface area contributed by atoms with Crippen molar-refractivity contribution >= 4 is 17.3 Å². The Bertz CT molecular complexity index is 341. The number of nitrogens with one attached hydrogen (secondary N) is 1. The van der Waals surface area contributed by atoms with Gasteiger partial charge in [-0.1, -0.05) is 0 Å². The van der Waals surface area contributed by atoms with E-state index in [1.54, 1.807) is 5.38 Å². The van der Waals surface area contributed by atoms with E-state index in [2.05, 4.69) is 15.2 Å². The molecule has 0 atom stereocenters. The molecule has 5 nitrogen and oxygen atoms in total. The van der Waals surface area contributed by atoms with E-state index in [0.29, 0.717) is 6.54 Å². The molecule has 0 aliphatic carbocycles. The van der Waals surface area contributed by atoms with Gasteiger partial charge >= 0.3 is 5.97 Å². The third-order valence-electron chi connectivity index (χ3n) is 2.13. The minimum Gasteiger partial charge on any atom is -0.476 e. The van der Waals surface area contributed by atoms with Gasteiger partial charge in [-0.2, -0.15) is 0 Å². The van der Waals surface area contributed by atoms with Gasteiger partial charge in [0.1, 0.15) is 0 Å². The Kier molecular flexibility index (Phi) is 5.37. The normalized spacial score (nSPS) is 10.9. The van der Waals surface area contributed by atoms with Gasteiger partial charge in [0.2, 0.25) is 5.01 Å². The minimum absolute atomic E-state index is 0.165. The van der Waals surface area contributed by atoms with E-state index in [9.17, 15) is 4.79 Å². The lowest BCUT2D eigenvalue weighted by atomic mass is 10.3. The molecule has 0 spiro atoms. The molecule has 6 heteroatoms. The monoisotopic (exact) mass is 243 g/mol. The molecule has 0 aliphatic heterocycles. The maximum absolute atomic E-state index is 10.6. The lowest BCUT2D eigenvalue weighted by Gasteiger charge is -2.14. The molecule has 0 fully saturated rings. The van der Waals surface area contributed by atoms with Crippen LogP contribution in [0.2, 0.25) is 0 Å². The van der Waals surface area contributed by atoms with Crippen LogP contribution in [0.1, 0.15) is 21.9 Å². The molecule has 0 bridgehead atoms. The highest BCUT2D eigenvalue weighted by molar-refractivity contribution is 7.11. The fourth-order valence-corrected chi connectivity index (χ4v) is 2.00. The Morgan fingerprint density at radius 3 is 3.00 bits per heavy atom. The molecule has 2 N–H and O–H groups in total. The molecular weight excluding hydrogens is 226 g/mol. The highest BCUT2D eigenvalue weighted by Crippen LogP contribution is 2.11. The SMILES string of the molecule is CNCCCN(C)Cc1csc(C(=O)O)n1. The Hall–Kier alpha value is -0.980. The largest absolute Gasteiger partial charge is 0.476 e. The first-order chi connectivity index (χ1) is 7.63. The predicted molar refractivity (Wildman–Crippen MR) is 64.0 cm³/mol. The summed E-state index contributed by atoms with van der Waals surface area (Å²) in [5, 5.41) is 13.8. The number of thiazole rings is 1. The molecule has 16 heavy (non-hydrogen) atoms. The van der Waals surface area contributed by atoms with Crippen molar-refractivity contribution in [3.05, 3.63) is 16.1 Å². The first-order valence-corrected chi connectivity index (χ1v) is 6.02. The van der Waals surface area contributed by atoms with E-state index in [-0.39, 0.29) is 5.01 Å². The third-order valence-corrected chi connectivity index (χ3v) is 3.01. The summed E-state index contributed by atoms with van der Waals surface area (Å²) in [6, 6.07) is 0. The molecule has 0 aliphatic rings. The number of hydrogen-bond donors (Lipinski definition) is 2. The highest BCUT2D eigenvalue weighted by atomic mass is 32.1. The van der Waals surface area contributed by atoms with Crippen molar-refractivity contribution in [2.45, 2.75) is 13.0 Å². The topological polar surface area (TPSA) is 65.5 Å². The van der Waals surface area contributed by atoms with Gasteiger partial charge in [0.05, 0.1) is 5.69 Å². The molecule has 1 aromatic rings. The first kappa shape index (κ1) is 13.1. The van der Waals surface area contributed by atoms with Crippen LogP contribution in [-0.4, -0.2) is 48.1 Å². The van der Waals surface area contributed by atoms with Crippen LogP contribution < -0.4 is 5.32 Å². The van der Waals surface area contributed by atoms with Crippen molar-refractivity contribution < 1.29 is 9.90 Å². The maximum Gasteiger partial charge on any atom is 0.365 e. The number of hydrogen-bond acceptors (Lipinski definition) is 5. The summed E-state index contributed by atoms with van der Waals surface area (Å²) in [7, 11) is 3.94. The van der Waals surface area contributed by atoms with Crippen LogP contribution in [0.5, 0.6) is 0 Å². The van der Waals surface area contributed by atoms with Gasteiger partial charge in [-0.3, -0.25) is 0 Å². The second-order valence-corrected chi connectivity index (χ2v) is 4.50. The number of carbonyl (C=O) groups is 1. The Morgan fingerprint density at radius 2 is 2.44 bits per heavy atom. The van der Waals surface area contributed by atoms with Gasteiger partial charge in [0, 0.05) is 11.9 Å². The highest BCUT2D eigenvalue weighted by Gasteiger charge is 2.09. The third kappa shape index (κ3) is 4.26. The number of aromatic nitrogens is 1. The molecule has 0 saturated carbocycles. The molecule has 1 aromatic heterocycles. The molecule has 1 rings (SSSR count). The van der Waals surface area contributed by atoms with Crippen LogP contribution >= 0.6 is 11.3 Å². The predicted octanol–water partition coefficient (Wildman–Crippen LogP) is 0.883. The average Bonchev–Trinajstić information content (AvgIpc) is 2.66. The summed E-state index contributed by atoms with van der Waals surface area (Å²) >= 11 is 1.18. The van der Waals surface area contributed by atoms with Crippen LogP contribution in [0, 0.1) is 0 Å². The van der Waals surface area contributed by atoms with Crippen LogP contribution in [0.3, 0.4) is 0 Å². The van der Waals surface area contributed by atoms with E-state index in [1.165, 1.54) is 11.3 Å². The number of carboxylic acids is 1. The van der Waals surface area contributed by atoms with Crippen molar-refractivity contribution in [3.63, 3.8) is 0 Å². The summed E-state index contributed by atoms with van der Waals surface area (Å²) in [6.45, 7) is 2.66. The van der Waals surface area contributed by atoms with Crippen molar-refractivity contribution in [3.8, 4) is 0 Å². The lowest BCUT2D eigenvalue weighted by Crippen LogP contribution is -2.22. The van der Waals surface area contributed by atoms with Crippen LogP contribution in [-0.2, 0) is 6.54 Å². The average molecular weight is 243 g/mol. The van der Waals surface area contributed by atoms with Crippen molar-refractivity contribution in [1.29, 1.82) is 0 Å². The summed E-state index contributed by atoms with van der Waals surface area (Å²) < 4.78 is 0. The van der Waals surface area contributed by atoms with Gasteiger partial charge in [-0.15, -0.1) is 11.3 Å². The quantitative estimate of drug-likeness (QED) is 0.696. The Labute approximate surface area is 99.1 Å². The Morgan fingerprint density at radius 1 is 1.69 bits per heavy atom. The molecular formula is C10H17N3O2S. The summed E-state index contributed by atoms with van der Waals surface area (Å²) in [5.41, 5.74) is 0.828. The molecule has 0 saturated heterocycles. The van der Waals surface area contributed by atoms with E-state index >= 15 is 0 Å². The maximum atomic E-state index is 10.6. The second-order valence-electron chi connectivity index (χ2n) is 3.64. The van der Waals surface area contributed by atoms with Gasteiger partial charge in [0.15, 0.2) is 0 Å². The molecule has 90 valence electrons. The molecule has 0 unspecified atom stereocenters. The summed E-state index contributed by atoms with van der Waals surface area (Å²) in [6.07, 6.45) is 1.07. The lowest BCUT2D eigenvalue weighted by molar-refractivity contribution is 0.0696. The zero-order valence-electron chi connectivity index (χ0n) is 9.56. The molecule has 0 aromatic carbocycles. The van der Waals surface area contributed by atoms with Crippen molar-refractivity contribution in [2.24, 2.45) is 0 Å². The molecule has 1 heterocycles. The Balaban J connectivity index is 2.37. The van der Waals surface area contributed by atoms with E-state index in [0.717, 1.165) is 25.2 Å². The number of carboxylic acid groups (broad SMARTS) is 1. The number of nitrogens with zero attached hydrogens (tertiary/aromatic N) is 2. The van der Waals surface area contributed by atoms with E-state index < -0.39 is 5.97 Å². The molecule has 0 amide bonds. The van der Waals surface area contributed by atoms with Gasteiger partial charge in [-0.25, -0.2) is 9.78 Å². The van der Waals surface area contributed by atoms with Crippen molar-refractivity contribution in [1.82, 2.24) is 15.2 Å². The van der Waals surface area contributed by atoms with Gasteiger partial charge in [0.25, 0.3) is 0 Å². The fraction of sp³-hybridized carbons (Fsp3) is 0.600. The van der Waals surface area contributed by atoms with Gasteiger partial charge in [-0.05, 0) is 33.6 Å². The van der Waals surface area contributed by atoms with E-state index in [4.69, 9.17) is 5.11 Å². The van der Waals surface area contributed by atoms with Crippen LogP contribution in [0.25, 0.3) is 0 Å². The van der Waals surface area contributed by atoms with Crippen LogP contribution in [0.4, 0.5) is 0 Å². The molecule has 0 radical (unpaired) electrons. The standard InChI is InChI=1S/C10H17N3O2S/c1-11-4-3-5-13(2)6-8-7-16-9(12-8)10(14)15/h7,11H,3-6H2,1-2H3,(H,14,15). The van der Waals surface area contributed by atoms with Crippen molar-refractivity contribution in [2.75, 3.05) is 27.2 Å². The zero-order chi connectivity index (χ0) is 12.0. The smallest absolute Gasteiger partial charge is 0.365 e. The van der Waals surface area contributed by atoms with Gasteiger partial charge < -0.3 is 15.3 Å². The zero-order valence-corrected chi connectivity index (χ0v) is 10.4. The number of aromatic carboxylic acids is 1. The fourth-order valence-electron chi connectivity index (χ4n) is 1.36. The number of rotatable bonds is 7. The summed E-state index contributed by atoms with van der Waals surface area (Å²) in [4.78, 5) is 16.8. The minimum atomic E-state index is -0.950. The van der Waals surface area contributed by atoms with E-state index in [1.807, 2.05) is 14.1 Å². The van der Waals surface area contributed by atoms with Crippen LogP contribution in [0.15, 0.2) is 5.38 Å².